The van der Waals surface area contributed by atoms with Crippen LogP contribution in [0.5, 0.6) is 5.75 Å². The quantitative estimate of drug-likeness (QED) is 0.783. The van der Waals surface area contributed by atoms with Crippen LogP contribution in [0.2, 0.25) is 0 Å². The van der Waals surface area contributed by atoms with Crippen molar-refractivity contribution in [3.63, 3.8) is 0 Å². The van der Waals surface area contributed by atoms with Gasteiger partial charge in [-0.1, -0.05) is 17.7 Å². The molecule has 0 unspecified atom stereocenters. The maximum Gasteiger partial charge on any atom is 0.305 e. The average molecular weight is 228 g/mol. The van der Waals surface area contributed by atoms with E-state index in [-0.39, 0.29) is 6.10 Å². The first-order valence-corrected chi connectivity index (χ1v) is 5.66. The summed E-state index contributed by atoms with van der Waals surface area (Å²) in [6.07, 6.45) is -0.243. The van der Waals surface area contributed by atoms with Gasteiger partial charge in [-0.3, -0.25) is 8.37 Å². The minimum absolute atomic E-state index is 0.243. The summed E-state index contributed by atoms with van der Waals surface area (Å²) in [6.45, 7) is 2.69. The molecule has 1 fully saturated rings. The van der Waals surface area contributed by atoms with Gasteiger partial charge in [-0.15, -0.1) is 0 Å². The second-order valence-corrected chi connectivity index (χ2v) is 4.17. The lowest BCUT2D eigenvalue weighted by Gasteiger charge is -2.08. The fourth-order valence-corrected chi connectivity index (χ4v) is 1.85. The van der Waals surface area contributed by atoms with E-state index in [0.29, 0.717) is 13.2 Å². The Morgan fingerprint density at radius 3 is 2.80 bits per heavy atom. The van der Waals surface area contributed by atoms with Gasteiger partial charge in [0.05, 0.1) is 6.61 Å². The Morgan fingerprint density at radius 2 is 2.20 bits per heavy atom. The minimum Gasteiger partial charge on any atom is -0.491 e. The minimum atomic E-state index is -1.59. The van der Waals surface area contributed by atoms with E-state index in [1.165, 1.54) is 5.56 Å². The van der Waals surface area contributed by atoms with Crippen LogP contribution in [0.1, 0.15) is 5.56 Å². The zero-order valence-corrected chi connectivity index (χ0v) is 9.16. The monoisotopic (exact) mass is 228 g/mol. The molecular weight excluding hydrogens is 216 g/mol. The molecule has 15 heavy (non-hydrogen) atoms. The van der Waals surface area contributed by atoms with Crippen molar-refractivity contribution in [2.75, 3.05) is 13.2 Å². The Labute approximate surface area is 91.0 Å². The summed E-state index contributed by atoms with van der Waals surface area (Å²) in [5.41, 5.74) is 1.18. The molecule has 1 aliphatic heterocycles. The summed E-state index contributed by atoms with van der Waals surface area (Å²) >= 11 is -1.59. The standard InChI is InChI=1S/C10H12O4S/c1-8-2-4-9(5-3-8)12-6-10-7-13-15(11)14-10/h2-5,10H,6-7H2,1H3/t10-,15+/m0/s1. The average Bonchev–Trinajstić information content (AvgIpc) is 2.64. The summed E-state index contributed by atoms with van der Waals surface area (Å²) in [7, 11) is 0. The molecule has 1 aliphatic rings. The molecule has 0 saturated carbocycles. The molecule has 1 aromatic rings. The largest absolute Gasteiger partial charge is 0.491 e. The Hall–Kier alpha value is -0.910. The van der Waals surface area contributed by atoms with E-state index in [4.69, 9.17) is 13.1 Å². The molecule has 1 aromatic carbocycles. The van der Waals surface area contributed by atoms with Crippen molar-refractivity contribution in [1.29, 1.82) is 0 Å². The lowest BCUT2D eigenvalue weighted by Crippen LogP contribution is -2.19. The van der Waals surface area contributed by atoms with Crippen molar-refractivity contribution in [2.24, 2.45) is 0 Å². The molecule has 0 aliphatic carbocycles. The normalized spacial score (nSPS) is 25.4. The highest BCUT2D eigenvalue weighted by Gasteiger charge is 2.23. The van der Waals surface area contributed by atoms with Gasteiger partial charge in [0, 0.05) is 0 Å². The highest BCUT2D eigenvalue weighted by Crippen LogP contribution is 2.14. The summed E-state index contributed by atoms with van der Waals surface area (Å²) < 4.78 is 25.8. The Balaban J connectivity index is 1.83. The molecule has 0 bridgehead atoms. The molecule has 0 radical (unpaired) electrons. The van der Waals surface area contributed by atoms with Gasteiger partial charge in [-0.25, -0.2) is 0 Å². The third-order valence-corrected chi connectivity index (χ3v) is 2.78. The number of aryl methyl sites for hydroxylation is 1. The third kappa shape index (κ3) is 3.02. The van der Waals surface area contributed by atoms with Gasteiger partial charge in [-0.05, 0) is 19.1 Å². The zero-order valence-electron chi connectivity index (χ0n) is 8.34. The van der Waals surface area contributed by atoms with Crippen molar-refractivity contribution < 1.29 is 17.3 Å². The van der Waals surface area contributed by atoms with Crippen LogP contribution in [0.25, 0.3) is 0 Å². The van der Waals surface area contributed by atoms with Crippen LogP contribution in [-0.2, 0) is 19.7 Å². The van der Waals surface area contributed by atoms with E-state index in [1.54, 1.807) is 0 Å². The van der Waals surface area contributed by atoms with Crippen molar-refractivity contribution in [1.82, 2.24) is 0 Å². The fraction of sp³-hybridized carbons (Fsp3) is 0.400. The van der Waals surface area contributed by atoms with Crippen LogP contribution in [0.4, 0.5) is 0 Å². The molecule has 0 amide bonds. The fourth-order valence-electron chi connectivity index (χ4n) is 1.20. The molecular formula is C10H12O4S. The van der Waals surface area contributed by atoms with Crippen molar-refractivity contribution in [2.45, 2.75) is 13.0 Å². The van der Waals surface area contributed by atoms with E-state index >= 15 is 0 Å². The highest BCUT2D eigenvalue weighted by molar-refractivity contribution is 7.75. The van der Waals surface area contributed by atoms with Crippen LogP contribution in [0, 0.1) is 6.92 Å². The first-order chi connectivity index (χ1) is 7.24. The van der Waals surface area contributed by atoms with Crippen molar-refractivity contribution in [3.05, 3.63) is 29.8 Å². The van der Waals surface area contributed by atoms with E-state index in [1.807, 2.05) is 31.2 Å². The Bertz CT molecular complexity index is 349. The molecule has 1 heterocycles. The number of ether oxygens (including phenoxy) is 1. The van der Waals surface area contributed by atoms with Crippen LogP contribution in [-0.4, -0.2) is 23.5 Å². The zero-order chi connectivity index (χ0) is 10.7. The second-order valence-electron chi connectivity index (χ2n) is 3.33. The Morgan fingerprint density at radius 1 is 1.47 bits per heavy atom. The molecule has 5 heteroatoms. The predicted octanol–water partition coefficient (Wildman–Crippen LogP) is 1.37. The van der Waals surface area contributed by atoms with Crippen molar-refractivity contribution in [3.8, 4) is 5.75 Å². The molecule has 1 saturated heterocycles. The predicted molar refractivity (Wildman–Crippen MR) is 55.6 cm³/mol. The third-order valence-electron chi connectivity index (χ3n) is 2.02. The number of benzene rings is 1. The number of hydrogen-bond acceptors (Lipinski definition) is 4. The summed E-state index contributed by atoms with van der Waals surface area (Å²) in [4.78, 5) is 0. The van der Waals surface area contributed by atoms with Gasteiger partial charge < -0.3 is 4.74 Å². The molecule has 82 valence electrons. The maximum atomic E-state index is 10.7. The van der Waals surface area contributed by atoms with Gasteiger partial charge in [0.25, 0.3) is 0 Å². The first kappa shape index (κ1) is 10.6. The molecule has 0 spiro atoms. The van der Waals surface area contributed by atoms with E-state index in [0.717, 1.165) is 5.75 Å². The molecule has 2 rings (SSSR count). The summed E-state index contributed by atoms with van der Waals surface area (Å²) in [6, 6.07) is 7.73. The van der Waals surface area contributed by atoms with Crippen LogP contribution in [0.15, 0.2) is 24.3 Å². The van der Waals surface area contributed by atoms with Crippen LogP contribution >= 0.6 is 0 Å². The topological polar surface area (TPSA) is 44.8 Å². The highest BCUT2D eigenvalue weighted by atomic mass is 32.2. The van der Waals surface area contributed by atoms with Crippen LogP contribution < -0.4 is 4.74 Å². The van der Waals surface area contributed by atoms with Gasteiger partial charge in [0.15, 0.2) is 0 Å². The molecule has 0 N–H and O–H groups in total. The van der Waals surface area contributed by atoms with E-state index < -0.39 is 11.4 Å². The summed E-state index contributed by atoms with van der Waals surface area (Å²) in [5.74, 6) is 0.780. The first-order valence-electron chi connectivity index (χ1n) is 4.66. The molecule has 4 nitrogen and oxygen atoms in total. The van der Waals surface area contributed by atoms with E-state index in [9.17, 15) is 4.21 Å². The molecule has 2 atom stereocenters. The van der Waals surface area contributed by atoms with Gasteiger partial charge in [0.2, 0.25) is 0 Å². The van der Waals surface area contributed by atoms with Crippen molar-refractivity contribution >= 4 is 11.4 Å². The molecule has 0 aromatic heterocycles. The smallest absolute Gasteiger partial charge is 0.305 e. The maximum absolute atomic E-state index is 10.7. The SMILES string of the molecule is Cc1ccc(OC[C@H]2CO[S@@](=O)O2)cc1. The van der Waals surface area contributed by atoms with Gasteiger partial charge in [0.1, 0.15) is 18.5 Å². The van der Waals surface area contributed by atoms with E-state index in [2.05, 4.69) is 0 Å². The number of hydrogen-bond donors (Lipinski definition) is 0. The van der Waals surface area contributed by atoms with Crippen LogP contribution in [0.3, 0.4) is 0 Å². The van der Waals surface area contributed by atoms with Gasteiger partial charge >= 0.3 is 11.4 Å². The second kappa shape index (κ2) is 4.74. The number of rotatable bonds is 3. The Kier molecular flexibility index (Phi) is 3.35. The lowest BCUT2D eigenvalue weighted by molar-refractivity contribution is 0.151. The lowest BCUT2D eigenvalue weighted by atomic mass is 10.2. The summed E-state index contributed by atoms with van der Waals surface area (Å²) in [5, 5.41) is 0. The van der Waals surface area contributed by atoms with Gasteiger partial charge in [-0.2, -0.15) is 4.21 Å².